The number of carbonyl (C=O) groups excluding carboxylic acids is 2. The van der Waals surface area contributed by atoms with E-state index in [1.807, 2.05) is 32.0 Å². The molecule has 0 unspecified atom stereocenters. The van der Waals surface area contributed by atoms with E-state index >= 15 is 0 Å². The van der Waals surface area contributed by atoms with Gasteiger partial charge in [0, 0.05) is 5.56 Å². The summed E-state index contributed by atoms with van der Waals surface area (Å²) in [4.78, 5) is 22.6. The molecule has 3 heteroatoms. The minimum Gasteiger partial charge on any atom is -0.465 e. The van der Waals surface area contributed by atoms with E-state index < -0.39 is 0 Å². The van der Waals surface area contributed by atoms with Crippen molar-refractivity contribution in [1.82, 2.24) is 0 Å². The number of ether oxygens (including phenoxy) is 1. The second kappa shape index (κ2) is 6.69. The predicted molar refractivity (Wildman–Crippen MR) is 76.6 cm³/mol. The molecule has 3 nitrogen and oxygen atoms in total. The molecule has 0 aliphatic heterocycles. The molecule has 2 aromatic carbocycles. The Balaban J connectivity index is 0.000000861. The Morgan fingerprint density at radius 1 is 0.895 bits per heavy atom. The van der Waals surface area contributed by atoms with E-state index in [1.54, 1.807) is 18.2 Å². The largest absolute Gasteiger partial charge is 0.465 e. The zero-order chi connectivity index (χ0) is 14.4. The number of carbonyl (C=O) groups is 2. The third-order valence-electron chi connectivity index (χ3n) is 2.67. The number of benzene rings is 2. The number of hydrogen-bond acceptors (Lipinski definition) is 3. The van der Waals surface area contributed by atoms with Crippen molar-refractivity contribution in [3.05, 3.63) is 47.5 Å². The lowest BCUT2D eigenvalue weighted by Crippen LogP contribution is -2.00. The molecular formula is C16H18O3. The maximum atomic E-state index is 11.4. The van der Waals surface area contributed by atoms with Crippen LogP contribution in [0.5, 0.6) is 0 Å². The van der Waals surface area contributed by atoms with Gasteiger partial charge in [0.15, 0.2) is 5.78 Å². The van der Waals surface area contributed by atoms with Gasteiger partial charge in [-0.1, -0.05) is 32.0 Å². The first kappa shape index (κ1) is 14.9. The van der Waals surface area contributed by atoms with Gasteiger partial charge in [0.2, 0.25) is 0 Å². The first-order valence-electron chi connectivity index (χ1n) is 6.25. The number of methoxy groups -OCH3 is 1. The van der Waals surface area contributed by atoms with Gasteiger partial charge in [0.1, 0.15) is 0 Å². The van der Waals surface area contributed by atoms with Crippen LogP contribution in [0.2, 0.25) is 0 Å². The quantitative estimate of drug-likeness (QED) is 0.607. The van der Waals surface area contributed by atoms with Crippen LogP contribution >= 0.6 is 0 Å². The number of rotatable bonds is 2. The fourth-order valence-corrected chi connectivity index (χ4v) is 1.71. The minimum atomic E-state index is -0.359. The highest BCUT2D eigenvalue weighted by Gasteiger charge is 2.06. The molecule has 0 aliphatic rings. The van der Waals surface area contributed by atoms with Crippen LogP contribution in [0.3, 0.4) is 0 Å². The Hall–Kier alpha value is -2.16. The van der Waals surface area contributed by atoms with Crippen LogP contribution in [0.25, 0.3) is 10.8 Å². The number of hydrogen-bond donors (Lipinski definition) is 0. The van der Waals surface area contributed by atoms with E-state index in [9.17, 15) is 9.59 Å². The lowest BCUT2D eigenvalue weighted by molar-refractivity contribution is 0.0600. The topological polar surface area (TPSA) is 43.4 Å². The summed E-state index contributed by atoms with van der Waals surface area (Å²) in [6, 6.07) is 10.7. The molecule has 0 spiro atoms. The van der Waals surface area contributed by atoms with E-state index in [1.165, 1.54) is 14.0 Å². The maximum Gasteiger partial charge on any atom is 0.337 e. The van der Waals surface area contributed by atoms with Crippen LogP contribution in [-0.4, -0.2) is 18.9 Å². The molecule has 0 amide bonds. The van der Waals surface area contributed by atoms with Crippen molar-refractivity contribution in [3.63, 3.8) is 0 Å². The fourth-order valence-electron chi connectivity index (χ4n) is 1.71. The summed E-state index contributed by atoms with van der Waals surface area (Å²) in [5, 5.41) is 1.85. The molecular weight excluding hydrogens is 240 g/mol. The van der Waals surface area contributed by atoms with Crippen molar-refractivity contribution in [2.45, 2.75) is 20.8 Å². The molecule has 0 heterocycles. The molecule has 0 bridgehead atoms. The van der Waals surface area contributed by atoms with Crippen molar-refractivity contribution in [1.29, 1.82) is 0 Å². The Kier molecular flexibility index (Phi) is 5.24. The molecule has 19 heavy (non-hydrogen) atoms. The smallest absolute Gasteiger partial charge is 0.337 e. The van der Waals surface area contributed by atoms with Gasteiger partial charge in [0.25, 0.3) is 0 Å². The molecule has 0 N–H and O–H groups in total. The standard InChI is InChI=1S/C14H12O3.C2H6/c1-9(15)10-3-4-12-8-13(14(16)17-2)6-5-11(12)7-10;1-2/h3-8H,1-2H3;1-2H3. The Morgan fingerprint density at radius 3 is 1.84 bits per heavy atom. The van der Waals surface area contributed by atoms with Crippen LogP contribution in [0.15, 0.2) is 36.4 Å². The van der Waals surface area contributed by atoms with Crippen molar-refractivity contribution >= 4 is 22.5 Å². The predicted octanol–water partition coefficient (Wildman–Crippen LogP) is 3.86. The fraction of sp³-hybridized carbons (Fsp3) is 0.250. The van der Waals surface area contributed by atoms with Gasteiger partial charge in [-0.2, -0.15) is 0 Å². The number of esters is 1. The second-order valence-electron chi connectivity index (χ2n) is 3.82. The van der Waals surface area contributed by atoms with Gasteiger partial charge < -0.3 is 4.74 Å². The first-order chi connectivity index (χ1) is 9.11. The van der Waals surface area contributed by atoms with Crippen LogP contribution in [0.4, 0.5) is 0 Å². The summed E-state index contributed by atoms with van der Waals surface area (Å²) in [7, 11) is 1.35. The van der Waals surface area contributed by atoms with Crippen molar-refractivity contribution in [2.24, 2.45) is 0 Å². The second-order valence-corrected chi connectivity index (χ2v) is 3.82. The summed E-state index contributed by atoms with van der Waals surface area (Å²) in [6.07, 6.45) is 0. The Bertz CT molecular complexity index is 600. The summed E-state index contributed by atoms with van der Waals surface area (Å²) in [6.45, 7) is 5.53. The van der Waals surface area contributed by atoms with Crippen LogP contribution < -0.4 is 0 Å². The normalized spacial score (nSPS) is 9.47. The van der Waals surface area contributed by atoms with Crippen LogP contribution in [0.1, 0.15) is 41.5 Å². The van der Waals surface area contributed by atoms with Crippen molar-refractivity contribution in [3.8, 4) is 0 Å². The zero-order valence-electron chi connectivity index (χ0n) is 11.7. The van der Waals surface area contributed by atoms with Gasteiger partial charge in [-0.3, -0.25) is 4.79 Å². The van der Waals surface area contributed by atoms with Gasteiger partial charge >= 0.3 is 5.97 Å². The number of Topliss-reactive ketones (excluding diaryl/α,β-unsaturated/α-hetero) is 1. The summed E-state index contributed by atoms with van der Waals surface area (Å²) in [5.41, 5.74) is 1.18. The molecule has 100 valence electrons. The van der Waals surface area contributed by atoms with E-state index in [-0.39, 0.29) is 11.8 Å². The molecule has 0 saturated carbocycles. The molecule has 0 atom stereocenters. The molecule has 2 aromatic rings. The highest BCUT2D eigenvalue weighted by molar-refractivity contribution is 6.00. The third-order valence-corrected chi connectivity index (χ3v) is 2.67. The summed E-state index contributed by atoms with van der Waals surface area (Å²) in [5.74, 6) is -0.327. The molecule has 2 rings (SSSR count). The highest BCUT2D eigenvalue weighted by Crippen LogP contribution is 2.18. The maximum absolute atomic E-state index is 11.4. The molecule has 0 radical (unpaired) electrons. The van der Waals surface area contributed by atoms with E-state index in [0.717, 1.165) is 10.8 Å². The number of fused-ring (bicyclic) bond motifs is 1. The summed E-state index contributed by atoms with van der Waals surface area (Å²) >= 11 is 0. The van der Waals surface area contributed by atoms with E-state index in [2.05, 4.69) is 4.74 Å². The molecule has 0 aromatic heterocycles. The van der Waals surface area contributed by atoms with E-state index in [0.29, 0.717) is 11.1 Å². The monoisotopic (exact) mass is 258 g/mol. The average molecular weight is 258 g/mol. The molecule has 0 fully saturated rings. The van der Waals surface area contributed by atoms with Crippen molar-refractivity contribution in [2.75, 3.05) is 7.11 Å². The van der Waals surface area contributed by atoms with Gasteiger partial charge in [0.05, 0.1) is 12.7 Å². The Morgan fingerprint density at radius 2 is 1.37 bits per heavy atom. The Labute approximate surface area is 113 Å². The molecule has 0 aliphatic carbocycles. The number of ketones is 1. The zero-order valence-corrected chi connectivity index (χ0v) is 11.7. The van der Waals surface area contributed by atoms with E-state index in [4.69, 9.17) is 0 Å². The van der Waals surface area contributed by atoms with Crippen molar-refractivity contribution < 1.29 is 14.3 Å². The third kappa shape index (κ3) is 3.41. The van der Waals surface area contributed by atoms with Gasteiger partial charge in [-0.25, -0.2) is 4.79 Å². The van der Waals surface area contributed by atoms with Crippen LogP contribution in [-0.2, 0) is 4.74 Å². The lowest BCUT2D eigenvalue weighted by Gasteiger charge is -2.03. The SMILES string of the molecule is CC.COC(=O)c1ccc2cc(C(C)=O)ccc2c1. The lowest BCUT2D eigenvalue weighted by atomic mass is 10.0. The average Bonchev–Trinajstić information content (AvgIpc) is 2.47. The highest BCUT2D eigenvalue weighted by atomic mass is 16.5. The summed E-state index contributed by atoms with van der Waals surface area (Å²) < 4.78 is 4.65. The first-order valence-corrected chi connectivity index (χ1v) is 6.25. The minimum absolute atomic E-state index is 0.0314. The molecule has 0 saturated heterocycles. The van der Waals surface area contributed by atoms with Gasteiger partial charge in [-0.05, 0) is 35.9 Å². The van der Waals surface area contributed by atoms with Gasteiger partial charge in [-0.15, -0.1) is 0 Å². The van der Waals surface area contributed by atoms with Crippen LogP contribution in [0, 0.1) is 0 Å².